The van der Waals surface area contributed by atoms with E-state index in [9.17, 15) is 4.39 Å². The summed E-state index contributed by atoms with van der Waals surface area (Å²) < 4.78 is 14.8. The molecule has 0 atom stereocenters. The highest BCUT2D eigenvalue weighted by atomic mass is 19.1. The van der Waals surface area contributed by atoms with Crippen LogP contribution >= 0.6 is 0 Å². The van der Waals surface area contributed by atoms with Crippen LogP contribution in [-0.4, -0.2) is 9.78 Å². The van der Waals surface area contributed by atoms with Crippen molar-refractivity contribution in [2.75, 3.05) is 0 Å². The fourth-order valence-electron chi connectivity index (χ4n) is 1.31. The molecule has 0 aliphatic carbocycles. The lowest BCUT2D eigenvalue weighted by atomic mass is 10.2. The normalized spacial score (nSPS) is 9.87. The first-order valence-electron chi connectivity index (χ1n) is 4.45. The Kier molecular flexibility index (Phi) is 2.46. The van der Waals surface area contributed by atoms with Gasteiger partial charge in [0.05, 0.1) is 18.3 Å². The van der Waals surface area contributed by atoms with Gasteiger partial charge in [0.25, 0.3) is 0 Å². The third kappa shape index (κ3) is 2.02. The predicted octanol–water partition coefficient (Wildman–Crippen LogP) is 1.94. The maximum absolute atomic E-state index is 13.3. The Hall–Kier alpha value is -2.15. The highest BCUT2D eigenvalue weighted by molar-refractivity contribution is 5.23. The molecule has 74 valence electrons. The average molecular weight is 201 g/mol. The van der Waals surface area contributed by atoms with Crippen LogP contribution in [0.2, 0.25) is 0 Å². The Bertz CT molecular complexity index is 511. The fraction of sp³-hybridized carbons (Fsp3) is 0.0909. The van der Waals surface area contributed by atoms with E-state index in [1.54, 1.807) is 24.4 Å². The van der Waals surface area contributed by atoms with Gasteiger partial charge in [0.2, 0.25) is 0 Å². The zero-order valence-corrected chi connectivity index (χ0v) is 7.89. The zero-order chi connectivity index (χ0) is 10.7. The maximum Gasteiger partial charge on any atom is 0.128 e. The Balaban J connectivity index is 2.23. The molecule has 3 nitrogen and oxygen atoms in total. The molecule has 0 bridgehead atoms. The fourth-order valence-corrected chi connectivity index (χ4v) is 1.31. The van der Waals surface area contributed by atoms with Crippen molar-refractivity contribution in [3.63, 3.8) is 0 Å². The molecule has 0 saturated heterocycles. The predicted molar refractivity (Wildman–Crippen MR) is 52.4 cm³/mol. The summed E-state index contributed by atoms with van der Waals surface area (Å²) in [6.07, 6.45) is 3.05. The molecule has 1 aromatic carbocycles. The first-order valence-corrected chi connectivity index (χ1v) is 4.45. The van der Waals surface area contributed by atoms with Gasteiger partial charge in [-0.25, -0.2) is 4.39 Å². The smallest absolute Gasteiger partial charge is 0.128 e. The lowest BCUT2D eigenvalue weighted by molar-refractivity contribution is 0.585. The number of rotatable bonds is 2. The molecule has 4 heteroatoms. The van der Waals surface area contributed by atoms with Crippen molar-refractivity contribution in [3.05, 3.63) is 53.6 Å². The van der Waals surface area contributed by atoms with Crippen LogP contribution in [0.15, 0.2) is 36.7 Å². The number of hydrogen-bond donors (Lipinski definition) is 0. The zero-order valence-electron chi connectivity index (χ0n) is 7.89. The summed E-state index contributed by atoms with van der Waals surface area (Å²) in [5.74, 6) is -0.258. The topological polar surface area (TPSA) is 41.6 Å². The molecule has 0 spiro atoms. The number of hydrogen-bond acceptors (Lipinski definition) is 2. The summed E-state index contributed by atoms with van der Waals surface area (Å²) in [5, 5.41) is 12.5. The standard InChI is InChI=1S/C11H8FN3/c12-11-4-2-1-3-10(11)8-15-7-9(5-13)6-14-15/h1-4,6-7H,8H2. The van der Waals surface area contributed by atoms with Crippen molar-refractivity contribution in [2.45, 2.75) is 6.54 Å². The summed E-state index contributed by atoms with van der Waals surface area (Å²) >= 11 is 0. The maximum atomic E-state index is 13.3. The molecule has 15 heavy (non-hydrogen) atoms. The minimum atomic E-state index is -0.258. The van der Waals surface area contributed by atoms with Crippen molar-refractivity contribution >= 4 is 0 Å². The van der Waals surface area contributed by atoms with E-state index < -0.39 is 0 Å². The summed E-state index contributed by atoms with van der Waals surface area (Å²) in [5.41, 5.74) is 1.04. The minimum Gasteiger partial charge on any atom is -0.267 e. The summed E-state index contributed by atoms with van der Waals surface area (Å²) in [4.78, 5) is 0. The van der Waals surface area contributed by atoms with E-state index in [0.29, 0.717) is 17.7 Å². The average Bonchev–Trinajstić information content (AvgIpc) is 2.69. The van der Waals surface area contributed by atoms with Gasteiger partial charge in [-0.15, -0.1) is 0 Å². The van der Waals surface area contributed by atoms with Crippen molar-refractivity contribution < 1.29 is 4.39 Å². The second-order valence-corrected chi connectivity index (χ2v) is 3.13. The number of benzene rings is 1. The van der Waals surface area contributed by atoms with E-state index in [1.807, 2.05) is 6.07 Å². The molecule has 0 radical (unpaired) electrons. The highest BCUT2D eigenvalue weighted by Crippen LogP contribution is 2.08. The molecule has 1 aromatic heterocycles. The van der Waals surface area contributed by atoms with Crippen LogP contribution < -0.4 is 0 Å². The molecule has 2 aromatic rings. The number of nitrogens with zero attached hydrogens (tertiary/aromatic N) is 3. The van der Waals surface area contributed by atoms with E-state index in [4.69, 9.17) is 5.26 Å². The Morgan fingerprint density at radius 1 is 1.40 bits per heavy atom. The van der Waals surface area contributed by atoms with Crippen LogP contribution in [0.1, 0.15) is 11.1 Å². The molecule has 0 fully saturated rings. The van der Waals surface area contributed by atoms with Crippen LogP contribution in [0.25, 0.3) is 0 Å². The van der Waals surface area contributed by atoms with E-state index in [2.05, 4.69) is 5.10 Å². The second-order valence-electron chi connectivity index (χ2n) is 3.13. The molecule has 0 aliphatic rings. The number of halogens is 1. The highest BCUT2D eigenvalue weighted by Gasteiger charge is 2.02. The summed E-state index contributed by atoms with van der Waals surface area (Å²) in [6.45, 7) is 0.342. The summed E-state index contributed by atoms with van der Waals surface area (Å²) in [7, 11) is 0. The molecular weight excluding hydrogens is 193 g/mol. The van der Waals surface area contributed by atoms with E-state index in [0.717, 1.165) is 0 Å². The van der Waals surface area contributed by atoms with E-state index in [1.165, 1.54) is 16.9 Å². The van der Waals surface area contributed by atoms with Gasteiger partial charge in [-0.3, -0.25) is 4.68 Å². The summed E-state index contributed by atoms with van der Waals surface area (Å²) in [6, 6.07) is 8.49. The van der Waals surface area contributed by atoms with Crippen molar-refractivity contribution in [1.29, 1.82) is 5.26 Å². The largest absolute Gasteiger partial charge is 0.267 e. The first kappa shape index (κ1) is 9.41. The van der Waals surface area contributed by atoms with Gasteiger partial charge in [-0.05, 0) is 6.07 Å². The second kappa shape index (κ2) is 3.93. The third-order valence-corrected chi connectivity index (χ3v) is 2.05. The lowest BCUT2D eigenvalue weighted by Gasteiger charge is -2.02. The molecular formula is C11H8FN3. The van der Waals surface area contributed by atoms with E-state index in [-0.39, 0.29) is 5.82 Å². The van der Waals surface area contributed by atoms with Crippen molar-refractivity contribution in [3.8, 4) is 6.07 Å². The molecule has 2 rings (SSSR count). The van der Waals surface area contributed by atoms with Crippen LogP contribution in [0, 0.1) is 17.1 Å². The Morgan fingerprint density at radius 2 is 2.20 bits per heavy atom. The molecule has 1 heterocycles. The molecule has 0 aliphatic heterocycles. The molecule has 0 saturated carbocycles. The van der Waals surface area contributed by atoms with Gasteiger partial charge < -0.3 is 0 Å². The Morgan fingerprint density at radius 3 is 2.87 bits per heavy atom. The first-order chi connectivity index (χ1) is 7.29. The van der Waals surface area contributed by atoms with Gasteiger partial charge >= 0.3 is 0 Å². The van der Waals surface area contributed by atoms with Crippen LogP contribution in [0.5, 0.6) is 0 Å². The number of aromatic nitrogens is 2. The lowest BCUT2D eigenvalue weighted by Crippen LogP contribution is -2.01. The number of nitriles is 1. The van der Waals surface area contributed by atoms with Crippen LogP contribution in [-0.2, 0) is 6.54 Å². The van der Waals surface area contributed by atoms with Gasteiger partial charge in [0.1, 0.15) is 11.9 Å². The molecule has 0 N–H and O–H groups in total. The van der Waals surface area contributed by atoms with Crippen molar-refractivity contribution in [1.82, 2.24) is 9.78 Å². The SMILES string of the molecule is N#Cc1cnn(Cc2ccccc2F)c1. The third-order valence-electron chi connectivity index (χ3n) is 2.05. The molecule has 0 amide bonds. The molecule has 0 unspecified atom stereocenters. The van der Waals surface area contributed by atoms with Gasteiger partial charge in [0.15, 0.2) is 0 Å². The van der Waals surface area contributed by atoms with Gasteiger partial charge in [-0.1, -0.05) is 18.2 Å². The Labute approximate surface area is 86.4 Å². The van der Waals surface area contributed by atoms with Gasteiger partial charge in [0, 0.05) is 11.8 Å². The van der Waals surface area contributed by atoms with Gasteiger partial charge in [-0.2, -0.15) is 10.4 Å². The minimum absolute atomic E-state index is 0.258. The van der Waals surface area contributed by atoms with E-state index >= 15 is 0 Å². The monoisotopic (exact) mass is 201 g/mol. The van der Waals surface area contributed by atoms with Crippen LogP contribution in [0.4, 0.5) is 4.39 Å². The quantitative estimate of drug-likeness (QED) is 0.745. The van der Waals surface area contributed by atoms with Crippen molar-refractivity contribution in [2.24, 2.45) is 0 Å². The van der Waals surface area contributed by atoms with Crippen LogP contribution in [0.3, 0.4) is 0 Å².